The minimum absolute atomic E-state index is 0.0146. The van der Waals surface area contributed by atoms with Crippen molar-refractivity contribution in [3.05, 3.63) is 36.0 Å². The lowest BCUT2D eigenvalue weighted by atomic mass is 10.1. The minimum Gasteiger partial charge on any atom is -0.360 e. The van der Waals surface area contributed by atoms with Gasteiger partial charge in [-0.3, -0.25) is 9.59 Å². The number of para-hydroxylation sites is 1. The van der Waals surface area contributed by atoms with E-state index in [9.17, 15) is 9.59 Å². The molecule has 2 heterocycles. The zero-order valence-corrected chi connectivity index (χ0v) is 9.69. The van der Waals surface area contributed by atoms with Gasteiger partial charge in [0.2, 0.25) is 5.91 Å². The van der Waals surface area contributed by atoms with E-state index in [-0.39, 0.29) is 17.9 Å². The van der Waals surface area contributed by atoms with E-state index in [4.69, 9.17) is 0 Å². The summed E-state index contributed by atoms with van der Waals surface area (Å²) in [6, 6.07) is 7.53. The summed E-state index contributed by atoms with van der Waals surface area (Å²) < 4.78 is 0. The summed E-state index contributed by atoms with van der Waals surface area (Å²) in [6.45, 7) is 0.507. The van der Waals surface area contributed by atoms with Gasteiger partial charge in [-0.2, -0.15) is 0 Å². The van der Waals surface area contributed by atoms with E-state index in [1.165, 1.54) is 0 Å². The van der Waals surface area contributed by atoms with Crippen LogP contribution in [0.2, 0.25) is 0 Å². The van der Waals surface area contributed by atoms with Crippen LogP contribution in [0.1, 0.15) is 16.8 Å². The zero-order valence-electron chi connectivity index (χ0n) is 9.69. The number of benzene rings is 1. The fourth-order valence-corrected chi connectivity index (χ4v) is 2.23. The molecule has 3 N–H and O–H groups in total. The van der Waals surface area contributed by atoms with Crippen molar-refractivity contribution >= 4 is 22.7 Å². The van der Waals surface area contributed by atoms with Gasteiger partial charge in [-0.05, 0) is 6.07 Å². The second-order valence-electron chi connectivity index (χ2n) is 4.43. The number of carbonyl (C=O) groups excluding carboxylic acids is 2. The summed E-state index contributed by atoms with van der Waals surface area (Å²) >= 11 is 0. The molecular weight excluding hydrogens is 230 g/mol. The number of aromatic amines is 1. The summed E-state index contributed by atoms with van der Waals surface area (Å²) in [6.07, 6.45) is 2.05. The topological polar surface area (TPSA) is 74.0 Å². The Balaban J connectivity index is 1.82. The van der Waals surface area contributed by atoms with Gasteiger partial charge in [0.25, 0.3) is 5.91 Å². The van der Waals surface area contributed by atoms with Crippen LogP contribution < -0.4 is 10.6 Å². The molecule has 1 aliphatic heterocycles. The lowest BCUT2D eigenvalue weighted by Crippen LogP contribution is -2.36. The molecular formula is C13H13N3O2. The van der Waals surface area contributed by atoms with Crippen molar-refractivity contribution in [2.45, 2.75) is 12.5 Å². The first-order valence-electron chi connectivity index (χ1n) is 5.88. The highest BCUT2D eigenvalue weighted by molar-refractivity contribution is 6.07. The Bertz CT molecular complexity index is 617. The first kappa shape index (κ1) is 10.8. The van der Waals surface area contributed by atoms with Crippen LogP contribution in [0, 0.1) is 0 Å². The SMILES string of the molecule is O=C1CC(NC(=O)c2c[nH]c3ccccc23)CN1. The number of aromatic nitrogens is 1. The van der Waals surface area contributed by atoms with E-state index in [1.54, 1.807) is 6.20 Å². The van der Waals surface area contributed by atoms with E-state index in [0.29, 0.717) is 18.5 Å². The molecule has 0 bridgehead atoms. The quantitative estimate of drug-likeness (QED) is 0.729. The van der Waals surface area contributed by atoms with Crippen LogP contribution in [-0.4, -0.2) is 29.4 Å². The van der Waals surface area contributed by atoms with Crippen molar-refractivity contribution in [3.63, 3.8) is 0 Å². The molecule has 2 aromatic rings. The maximum Gasteiger partial charge on any atom is 0.253 e. The second kappa shape index (κ2) is 4.18. The number of carbonyl (C=O) groups is 2. The third-order valence-electron chi connectivity index (χ3n) is 3.15. The summed E-state index contributed by atoms with van der Waals surface area (Å²) in [4.78, 5) is 26.2. The van der Waals surface area contributed by atoms with Crippen molar-refractivity contribution in [1.82, 2.24) is 15.6 Å². The van der Waals surface area contributed by atoms with E-state index < -0.39 is 0 Å². The molecule has 1 fully saturated rings. The number of H-pyrrole nitrogens is 1. The van der Waals surface area contributed by atoms with Gasteiger partial charge >= 0.3 is 0 Å². The molecule has 1 aliphatic rings. The zero-order chi connectivity index (χ0) is 12.5. The smallest absolute Gasteiger partial charge is 0.253 e. The second-order valence-corrected chi connectivity index (χ2v) is 4.43. The van der Waals surface area contributed by atoms with Gasteiger partial charge < -0.3 is 15.6 Å². The maximum absolute atomic E-state index is 12.1. The molecule has 1 saturated heterocycles. The molecule has 5 nitrogen and oxygen atoms in total. The molecule has 1 unspecified atom stereocenters. The summed E-state index contributed by atoms with van der Waals surface area (Å²) in [7, 11) is 0. The average Bonchev–Trinajstić information content (AvgIpc) is 2.95. The predicted octanol–water partition coefficient (Wildman–Crippen LogP) is 0.786. The predicted molar refractivity (Wildman–Crippen MR) is 67.2 cm³/mol. The normalized spacial score (nSPS) is 18.9. The maximum atomic E-state index is 12.1. The van der Waals surface area contributed by atoms with E-state index in [2.05, 4.69) is 15.6 Å². The fourth-order valence-electron chi connectivity index (χ4n) is 2.23. The van der Waals surface area contributed by atoms with E-state index in [0.717, 1.165) is 10.9 Å². The van der Waals surface area contributed by atoms with Crippen molar-refractivity contribution in [2.24, 2.45) is 0 Å². The Morgan fingerprint density at radius 1 is 1.33 bits per heavy atom. The molecule has 2 amide bonds. The van der Waals surface area contributed by atoms with Gasteiger partial charge in [0.15, 0.2) is 0 Å². The van der Waals surface area contributed by atoms with Gasteiger partial charge in [0.1, 0.15) is 0 Å². The van der Waals surface area contributed by atoms with Crippen LogP contribution in [0.4, 0.5) is 0 Å². The highest BCUT2D eigenvalue weighted by Gasteiger charge is 2.24. The Labute approximate surface area is 104 Å². The lowest BCUT2D eigenvalue weighted by molar-refractivity contribution is -0.119. The molecule has 0 aliphatic carbocycles. The molecule has 1 aromatic carbocycles. The van der Waals surface area contributed by atoms with E-state index in [1.807, 2.05) is 24.3 Å². The van der Waals surface area contributed by atoms with Crippen LogP contribution in [0.15, 0.2) is 30.5 Å². The summed E-state index contributed by atoms with van der Waals surface area (Å²) in [5, 5.41) is 6.45. The number of hydrogen-bond donors (Lipinski definition) is 3. The molecule has 92 valence electrons. The first-order chi connectivity index (χ1) is 8.74. The number of hydrogen-bond acceptors (Lipinski definition) is 2. The molecule has 18 heavy (non-hydrogen) atoms. The number of nitrogens with one attached hydrogen (secondary N) is 3. The van der Waals surface area contributed by atoms with Crippen molar-refractivity contribution in [3.8, 4) is 0 Å². The van der Waals surface area contributed by atoms with Gasteiger partial charge in [-0.15, -0.1) is 0 Å². The van der Waals surface area contributed by atoms with Crippen molar-refractivity contribution in [2.75, 3.05) is 6.54 Å². The van der Waals surface area contributed by atoms with Crippen molar-refractivity contribution in [1.29, 1.82) is 0 Å². The Hall–Kier alpha value is -2.30. The fraction of sp³-hybridized carbons (Fsp3) is 0.231. The van der Waals surface area contributed by atoms with Crippen LogP contribution in [0.3, 0.4) is 0 Å². The largest absolute Gasteiger partial charge is 0.360 e. The molecule has 3 rings (SSSR count). The molecule has 1 aromatic heterocycles. The monoisotopic (exact) mass is 243 g/mol. The van der Waals surface area contributed by atoms with Crippen LogP contribution in [0.25, 0.3) is 10.9 Å². The molecule has 1 atom stereocenters. The van der Waals surface area contributed by atoms with Gasteiger partial charge in [-0.1, -0.05) is 18.2 Å². The van der Waals surface area contributed by atoms with Crippen LogP contribution in [0.5, 0.6) is 0 Å². The Morgan fingerprint density at radius 2 is 2.17 bits per heavy atom. The number of amides is 2. The molecule has 0 radical (unpaired) electrons. The summed E-state index contributed by atoms with van der Waals surface area (Å²) in [5.41, 5.74) is 1.55. The number of rotatable bonds is 2. The molecule has 5 heteroatoms. The highest BCUT2D eigenvalue weighted by Crippen LogP contribution is 2.17. The highest BCUT2D eigenvalue weighted by atomic mass is 16.2. The van der Waals surface area contributed by atoms with Crippen LogP contribution in [-0.2, 0) is 4.79 Å². The van der Waals surface area contributed by atoms with Gasteiger partial charge in [0.05, 0.1) is 11.6 Å². The molecule has 0 spiro atoms. The molecule has 0 saturated carbocycles. The van der Waals surface area contributed by atoms with Gasteiger partial charge in [0, 0.05) is 30.1 Å². The first-order valence-corrected chi connectivity index (χ1v) is 5.88. The standard InChI is InChI=1S/C13H13N3O2/c17-12-5-8(6-15-12)16-13(18)10-7-14-11-4-2-1-3-9(10)11/h1-4,7-8,14H,5-6H2,(H,15,17)(H,16,18). The third kappa shape index (κ3) is 1.84. The van der Waals surface area contributed by atoms with E-state index >= 15 is 0 Å². The van der Waals surface area contributed by atoms with Crippen molar-refractivity contribution < 1.29 is 9.59 Å². The minimum atomic E-state index is -0.144. The van der Waals surface area contributed by atoms with Gasteiger partial charge in [-0.25, -0.2) is 0 Å². The average molecular weight is 243 g/mol. The number of fused-ring (bicyclic) bond motifs is 1. The van der Waals surface area contributed by atoms with Crippen LogP contribution >= 0.6 is 0 Å². The Morgan fingerprint density at radius 3 is 2.94 bits per heavy atom. The third-order valence-corrected chi connectivity index (χ3v) is 3.15. The summed E-state index contributed by atoms with van der Waals surface area (Å²) in [5.74, 6) is -0.159. The lowest BCUT2D eigenvalue weighted by Gasteiger charge is -2.09. The Kier molecular flexibility index (Phi) is 2.51.